The van der Waals surface area contributed by atoms with Crippen LogP contribution in [0.4, 0.5) is 0 Å². The van der Waals surface area contributed by atoms with Gasteiger partial charge in [-0.05, 0) is 6.42 Å². The van der Waals surface area contributed by atoms with Gasteiger partial charge < -0.3 is 5.32 Å². The zero-order valence-corrected chi connectivity index (χ0v) is 11.3. The van der Waals surface area contributed by atoms with Gasteiger partial charge in [-0.3, -0.25) is 0 Å². The number of hydrogen-bond donors (Lipinski definition) is 1. The van der Waals surface area contributed by atoms with E-state index < -0.39 is 5.38 Å². The Hall–Kier alpha value is -0.760. The van der Waals surface area contributed by atoms with E-state index in [1.807, 2.05) is 5.94 Å². The molecule has 0 amide bonds. The van der Waals surface area contributed by atoms with Crippen LogP contribution in [0.15, 0.2) is 22.5 Å². The monoisotopic (exact) mass is 274 g/mol. The van der Waals surface area contributed by atoms with Crippen LogP contribution < -0.4 is 5.32 Å². The number of unbranched alkanes of at least 4 members (excludes halogenated alkanes) is 3. The highest BCUT2D eigenvalue weighted by Crippen LogP contribution is 2.22. The molecule has 0 saturated carbocycles. The van der Waals surface area contributed by atoms with Gasteiger partial charge in [0.1, 0.15) is 16.5 Å². The second-order valence-corrected chi connectivity index (χ2v) is 4.68. The van der Waals surface area contributed by atoms with E-state index in [4.69, 9.17) is 23.2 Å². The molecule has 1 rings (SSSR count). The second kappa shape index (κ2) is 7.54. The van der Waals surface area contributed by atoms with Crippen LogP contribution in [-0.2, 0) is 4.79 Å². The molecule has 0 aromatic rings. The largest absolute Gasteiger partial charge is 0.383 e. The summed E-state index contributed by atoms with van der Waals surface area (Å²) in [5.41, 5.74) is 0.961. The molecule has 1 aliphatic rings. The molecule has 0 spiro atoms. The fourth-order valence-corrected chi connectivity index (χ4v) is 1.92. The number of nitrogens with one attached hydrogen (secondary N) is 1. The van der Waals surface area contributed by atoms with Gasteiger partial charge in [-0.15, -0.1) is 11.6 Å². The van der Waals surface area contributed by atoms with Gasteiger partial charge in [0.25, 0.3) is 0 Å². The minimum absolute atomic E-state index is 0.210. The van der Waals surface area contributed by atoms with E-state index in [1.54, 1.807) is 0 Å². The third-order valence-electron chi connectivity index (χ3n) is 2.53. The van der Waals surface area contributed by atoms with Crippen molar-refractivity contribution >= 4 is 34.3 Å². The van der Waals surface area contributed by atoms with Crippen LogP contribution in [-0.4, -0.2) is 23.0 Å². The molecule has 0 aromatic carbocycles. The standard InChI is InChI=1S/C12H16Cl2N2O/c1-2-3-4-5-6-15-10-7-16-12(14)11(13)9(10)8-17/h7,11,15H,2-6H2,1H3. The molecule has 1 atom stereocenters. The Morgan fingerprint density at radius 3 is 2.88 bits per heavy atom. The van der Waals surface area contributed by atoms with Crippen molar-refractivity contribution in [3.63, 3.8) is 0 Å². The van der Waals surface area contributed by atoms with Crippen molar-refractivity contribution < 1.29 is 4.79 Å². The number of allylic oxidation sites excluding steroid dienone is 1. The molecule has 1 aliphatic heterocycles. The summed E-state index contributed by atoms with van der Waals surface area (Å²) in [7, 11) is 0. The molecule has 17 heavy (non-hydrogen) atoms. The summed E-state index contributed by atoms with van der Waals surface area (Å²) in [6.45, 7) is 2.97. The smallest absolute Gasteiger partial charge is 0.132 e. The first kappa shape index (κ1) is 14.3. The third-order valence-corrected chi connectivity index (χ3v) is 3.38. The molecular formula is C12H16Cl2N2O. The van der Waals surface area contributed by atoms with E-state index in [1.165, 1.54) is 25.5 Å². The van der Waals surface area contributed by atoms with Gasteiger partial charge in [0.05, 0.1) is 17.5 Å². The lowest BCUT2D eigenvalue weighted by Crippen LogP contribution is -2.26. The maximum Gasteiger partial charge on any atom is 0.132 e. The number of halogens is 2. The van der Waals surface area contributed by atoms with Crippen LogP contribution in [0.3, 0.4) is 0 Å². The fourth-order valence-electron chi connectivity index (χ4n) is 1.54. The minimum Gasteiger partial charge on any atom is -0.383 e. The lowest BCUT2D eigenvalue weighted by atomic mass is 10.1. The topological polar surface area (TPSA) is 41.5 Å². The number of rotatable bonds is 6. The number of alkyl halides is 1. The lowest BCUT2D eigenvalue weighted by Gasteiger charge is -2.17. The SMILES string of the molecule is CCCCCCNC1=CN=C(Cl)C(Cl)C1=C=O. The fraction of sp³-hybridized carbons (Fsp3) is 0.583. The van der Waals surface area contributed by atoms with Gasteiger partial charge in [0, 0.05) is 6.54 Å². The average Bonchev–Trinajstić information content (AvgIpc) is 2.33. The molecule has 0 aliphatic carbocycles. The Labute approximate surface area is 112 Å². The Bertz CT molecular complexity index is 371. The van der Waals surface area contributed by atoms with Crippen LogP contribution in [0.25, 0.3) is 0 Å². The van der Waals surface area contributed by atoms with E-state index >= 15 is 0 Å². The Kier molecular flexibility index (Phi) is 6.35. The summed E-state index contributed by atoms with van der Waals surface area (Å²) < 4.78 is 0. The Balaban J connectivity index is 2.49. The highest BCUT2D eigenvalue weighted by Gasteiger charge is 2.24. The summed E-state index contributed by atoms with van der Waals surface area (Å²) >= 11 is 11.7. The highest BCUT2D eigenvalue weighted by molar-refractivity contribution is 6.72. The summed E-state index contributed by atoms with van der Waals surface area (Å²) in [6, 6.07) is 0. The molecule has 0 fully saturated rings. The predicted octanol–water partition coefficient (Wildman–Crippen LogP) is 3.01. The van der Waals surface area contributed by atoms with Crippen molar-refractivity contribution in [2.45, 2.75) is 38.0 Å². The van der Waals surface area contributed by atoms with Crippen LogP contribution >= 0.6 is 23.2 Å². The van der Waals surface area contributed by atoms with Gasteiger partial charge in [-0.2, -0.15) is 0 Å². The maximum absolute atomic E-state index is 10.8. The van der Waals surface area contributed by atoms with Crippen LogP contribution in [0, 0.1) is 0 Å². The molecule has 5 heteroatoms. The molecule has 94 valence electrons. The number of carbonyl (C=O) groups excluding carboxylic acids is 1. The molecular weight excluding hydrogens is 259 g/mol. The number of nitrogens with zero attached hydrogens (tertiary/aromatic N) is 1. The summed E-state index contributed by atoms with van der Waals surface area (Å²) in [4.78, 5) is 14.8. The van der Waals surface area contributed by atoms with Gasteiger partial charge in [0.2, 0.25) is 0 Å². The van der Waals surface area contributed by atoms with Crippen molar-refractivity contribution in [1.82, 2.24) is 5.32 Å². The van der Waals surface area contributed by atoms with Crippen molar-refractivity contribution in [1.29, 1.82) is 0 Å². The zero-order chi connectivity index (χ0) is 12.7. The van der Waals surface area contributed by atoms with Crippen LogP contribution in [0.2, 0.25) is 0 Å². The minimum atomic E-state index is -0.683. The van der Waals surface area contributed by atoms with Crippen LogP contribution in [0.1, 0.15) is 32.6 Å². The van der Waals surface area contributed by atoms with Gasteiger partial charge >= 0.3 is 0 Å². The van der Waals surface area contributed by atoms with Crippen molar-refractivity contribution in [2.75, 3.05) is 6.54 Å². The summed E-state index contributed by atoms with van der Waals surface area (Å²) in [5.74, 6) is 1.82. The first-order valence-corrected chi connectivity index (χ1v) is 6.58. The van der Waals surface area contributed by atoms with Crippen molar-refractivity contribution in [2.24, 2.45) is 4.99 Å². The van der Waals surface area contributed by atoms with E-state index in [0.717, 1.165) is 13.0 Å². The van der Waals surface area contributed by atoms with E-state index in [2.05, 4.69) is 17.2 Å². The summed E-state index contributed by atoms with van der Waals surface area (Å²) in [5, 5.41) is 2.67. The average molecular weight is 275 g/mol. The highest BCUT2D eigenvalue weighted by atomic mass is 35.5. The van der Waals surface area contributed by atoms with E-state index in [9.17, 15) is 4.79 Å². The molecule has 1 heterocycles. The van der Waals surface area contributed by atoms with Gasteiger partial charge in [-0.1, -0.05) is 37.8 Å². The number of aliphatic imine (C=N–C) groups is 1. The molecule has 0 radical (unpaired) electrons. The van der Waals surface area contributed by atoms with Crippen molar-refractivity contribution in [3.8, 4) is 0 Å². The normalized spacial score (nSPS) is 19.5. The molecule has 0 bridgehead atoms. The van der Waals surface area contributed by atoms with Crippen LogP contribution in [0.5, 0.6) is 0 Å². The molecule has 1 unspecified atom stereocenters. The first-order chi connectivity index (χ1) is 8.20. The molecule has 3 nitrogen and oxygen atoms in total. The van der Waals surface area contributed by atoms with Crippen molar-refractivity contribution in [3.05, 3.63) is 17.5 Å². The molecule has 1 N–H and O–H groups in total. The van der Waals surface area contributed by atoms with Gasteiger partial charge in [-0.25, -0.2) is 9.79 Å². The first-order valence-electron chi connectivity index (χ1n) is 5.77. The Morgan fingerprint density at radius 1 is 1.47 bits per heavy atom. The summed E-state index contributed by atoms with van der Waals surface area (Å²) in [6.07, 6.45) is 6.18. The second-order valence-electron chi connectivity index (χ2n) is 3.86. The maximum atomic E-state index is 10.8. The molecule has 0 saturated heterocycles. The zero-order valence-electron chi connectivity index (χ0n) is 9.80. The number of hydrogen-bond acceptors (Lipinski definition) is 3. The quantitative estimate of drug-likeness (QED) is 0.460. The van der Waals surface area contributed by atoms with Gasteiger partial charge in [0.15, 0.2) is 0 Å². The lowest BCUT2D eigenvalue weighted by molar-refractivity contribution is 0.566. The predicted molar refractivity (Wildman–Crippen MR) is 72.4 cm³/mol. The Morgan fingerprint density at radius 2 is 2.24 bits per heavy atom. The van der Waals surface area contributed by atoms with E-state index in [-0.39, 0.29) is 5.17 Å². The third kappa shape index (κ3) is 4.19. The van der Waals surface area contributed by atoms with E-state index in [0.29, 0.717) is 11.3 Å². The molecule has 0 aromatic heterocycles.